The molecule has 0 aliphatic heterocycles. The van der Waals surface area contributed by atoms with Crippen LogP contribution in [-0.4, -0.2) is 43.3 Å². The largest absolute Gasteiger partial charge is 0.355 e. The Bertz CT molecular complexity index is 460. The molecule has 0 radical (unpaired) electrons. The molecule has 1 rings (SSSR count). The fourth-order valence-corrected chi connectivity index (χ4v) is 2.20. The van der Waals surface area contributed by atoms with Crippen LogP contribution in [0.2, 0.25) is 0 Å². The lowest BCUT2D eigenvalue weighted by Crippen LogP contribution is -2.36. The number of Topliss-reactive ketones (excluding diaryl/α,β-unsaturated/α-hetero) is 1. The number of carbonyl (C=O) groups excluding carboxylic acids is 2. The van der Waals surface area contributed by atoms with E-state index >= 15 is 0 Å². The number of likely N-dealkylation sites (N-methyl/N-ethyl adjacent to an activating group) is 1. The lowest BCUT2D eigenvalue weighted by Gasteiger charge is -2.15. The Balaban J connectivity index is 2.24. The number of carbonyl (C=O) groups is 2. The molecule has 0 atom stereocenters. The zero-order valence-corrected chi connectivity index (χ0v) is 14.3. The van der Waals surface area contributed by atoms with Crippen LogP contribution < -0.4 is 5.32 Å². The van der Waals surface area contributed by atoms with E-state index in [0.717, 1.165) is 29.4 Å². The quantitative estimate of drug-likeness (QED) is 0.693. The van der Waals surface area contributed by atoms with Crippen molar-refractivity contribution in [1.82, 2.24) is 10.2 Å². The lowest BCUT2D eigenvalue weighted by molar-refractivity contribution is -0.121. The fourth-order valence-electron chi connectivity index (χ4n) is 1.93. The van der Waals surface area contributed by atoms with Gasteiger partial charge in [-0.3, -0.25) is 14.5 Å². The minimum atomic E-state index is 0.0404. The van der Waals surface area contributed by atoms with Gasteiger partial charge in [0.1, 0.15) is 0 Å². The Hall–Kier alpha value is -1.20. The molecule has 0 fully saturated rings. The molecule has 1 aromatic rings. The van der Waals surface area contributed by atoms with Crippen LogP contribution in [0, 0.1) is 0 Å². The van der Waals surface area contributed by atoms with E-state index in [1.165, 1.54) is 0 Å². The minimum Gasteiger partial charge on any atom is -0.355 e. The molecule has 0 saturated carbocycles. The maximum Gasteiger partial charge on any atom is 0.234 e. The van der Waals surface area contributed by atoms with E-state index in [2.05, 4.69) is 21.2 Å². The summed E-state index contributed by atoms with van der Waals surface area (Å²) in [4.78, 5) is 25.5. The highest BCUT2D eigenvalue weighted by Gasteiger charge is 2.08. The fraction of sp³-hybridized carbons (Fsp3) is 0.500. The Morgan fingerprint density at radius 2 is 1.90 bits per heavy atom. The van der Waals surface area contributed by atoms with Crippen LogP contribution in [0.1, 0.15) is 36.5 Å². The number of ketones is 1. The van der Waals surface area contributed by atoms with Crippen LogP contribution in [0.4, 0.5) is 0 Å². The van der Waals surface area contributed by atoms with E-state index in [-0.39, 0.29) is 11.7 Å². The molecular formula is C16H23BrN2O2. The van der Waals surface area contributed by atoms with Gasteiger partial charge in [0.25, 0.3) is 0 Å². The average Bonchev–Trinajstić information content (AvgIpc) is 2.45. The van der Waals surface area contributed by atoms with Gasteiger partial charge in [0, 0.05) is 23.0 Å². The molecule has 0 unspecified atom stereocenters. The molecule has 0 saturated heterocycles. The maximum absolute atomic E-state index is 12.0. The first-order valence-electron chi connectivity index (χ1n) is 7.27. The van der Waals surface area contributed by atoms with Gasteiger partial charge in [0.2, 0.25) is 5.91 Å². The number of rotatable bonds is 9. The third kappa shape index (κ3) is 7.39. The summed E-state index contributed by atoms with van der Waals surface area (Å²) in [5.74, 6) is 0.185. The standard InChI is InChI=1S/C16H23BrN2O2/c1-3-10-18-16(21)12-19(2)11-4-5-15(20)13-6-8-14(17)9-7-13/h6-9H,3-5,10-12H2,1-2H3,(H,18,21). The summed E-state index contributed by atoms with van der Waals surface area (Å²) < 4.78 is 0.969. The molecule has 116 valence electrons. The van der Waals surface area contributed by atoms with Crippen molar-refractivity contribution in [2.45, 2.75) is 26.2 Å². The normalized spacial score (nSPS) is 10.7. The first kappa shape index (κ1) is 17.9. The molecule has 0 bridgehead atoms. The summed E-state index contributed by atoms with van der Waals surface area (Å²) in [7, 11) is 1.90. The van der Waals surface area contributed by atoms with Crippen LogP contribution in [0.15, 0.2) is 28.7 Å². The summed E-state index contributed by atoms with van der Waals surface area (Å²) in [6.45, 7) is 3.86. The SMILES string of the molecule is CCCNC(=O)CN(C)CCCC(=O)c1ccc(Br)cc1. The van der Waals surface area contributed by atoms with Crippen molar-refractivity contribution in [3.63, 3.8) is 0 Å². The van der Waals surface area contributed by atoms with Gasteiger partial charge in [-0.2, -0.15) is 0 Å². The zero-order chi connectivity index (χ0) is 15.7. The van der Waals surface area contributed by atoms with Gasteiger partial charge in [0.15, 0.2) is 5.78 Å². The number of halogens is 1. The summed E-state index contributed by atoms with van der Waals surface area (Å²) in [6, 6.07) is 7.40. The molecule has 4 nitrogen and oxygen atoms in total. The summed E-state index contributed by atoms with van der Waals surface area (Å²) in [5, 5.41) is 2.84. The molecule has 0 aliphatic rings. The number of hydrogen-bond donors (Lipinski definition) is 1. The first-order chi connectivity index (χ1) is 10.0. The molecular weight excluding hydrogens is 332 g/mol. The van der Waals surface area contributed by atoms with Crippen LogP contribution in [-0.2, 0) is 4.79 Å². The summed E-state index contributed by atoms with van der Waals surface area (Å²) in [6.07, 6.45) is 2.20. The molecule has 0 heterocycles. The number of benzene rings is 1. The second-order valence-corrected chi connectivity index (χ2v) is 6.04. The van der Waals surface area contributed by atoms with Crippen molar-refractivity contribution in [3.05, 3.63) is 34.3 Å². The predicted molar refractivity (Wildman–Crippen MR) is 88.5 cm³/mol. The van der Waals surface area contributed by atoms with Gasteiger partial charge in [-0.05, 0) is 38.6 Å². The Morgan fingerprint density at radius 3 is 2.52 bits per heavy atom. The molecule has 0 spiro atoms. The third-order valence-corrected chi connectivity index (χ3v) is 3.62. The van der Waals surface area contributed by atoms with Gasteiger partial charge in [0.05, 0.1) is 6.54 Å². The monoisotopic (exact) mass is 354 g/mol. The molecule has 5 heteroatoms. The van der Waals surface area contributed by atoms with E-state index in [1.54, 1.807) is 0 Å². The molecule has 0 aliphatic carbocycles. The van der Waals surface area contributed by atoms with Crippen LogP contribution in [0.5, 0.6) is 0 Å². The van der Waals surface area contributed by atoms with Crippen LogP contribution >= 0.6 is 15.9 Å². The van der Waals surface area contributed by atoms with Gasteiger partial charge in [-0.25, -0.2) is 0 Å². The smallest absolute Gasteiger partial charge is 0.234 e. The highest BCUT2D eigenvalue weighted by molar-refractivity contribution is 9.10. The maximum atomic E-state index is 12.0. The van der Waals surface area contributed by atoms with Gasteiger partial charge < -0.3 is 5.32 Å². The highest BCUT2D eigenvalue weighted by Crippen LogP contribution is 2.12. The molecule has 0 aromatic heterocycles. The lowest BCUT2D eigenvalue weighted by atomic mass is 10.1. The Labute approximate surface area is 135 Å². The number of nitrogens with one attached hydrogen (secondary N) is 1. The van der Waals surface area contributed by atoms with Crippen LogP contribution in [0.3, 0.4) is 0 Å². The van der Waals surface area contributed by atoms with E-state index in [0.29, 0.717) is 19.5 Å². The van der Waals surface area contributed by atoms with Gasteiger partial charge in [-0.1, -0.05) is 35.0 Å². The third-order valence-electron chi connectivity index (χ3n) is 3.10. The van der Waals surface area contributed by atoms with E-state index in [4.69, 9.17) is 0 Å². The van der Waals surface area contributed by atoms with Gasteiger partial charge >= 0.3 is 0 Å². The topological polar surface area (TPSA) is 49.4 Å². The second-order valence-electron chi connectivity index (χ2n) is 5.12. The molecule has 1 aromatic carbocycles. The van der Waals surface area contributed by atoms with E-state index in [1.807, 2.05) is 43.1 Å². The van der Waals surface area contributed by atoms with Gasteiger partial charge in [-0.15, -0.1) is 0 Å². The van der Waals surface area contributed by atoms with Crippen molar-refractivity contribution in [1.29, 1.82) is 0 Å². The second kappa shape index (κ2) is 9.68. The molecule has 1 N–H and O–H groups in total. The van der Waals surface area contributed by atoms with Crippen molar-refractivity contribution < 1.29 is 9.59 Å². The minimum absolute atomic E-state index is 0.0404. The zero-order valence-electron chi connectivity index (χ0n) is 12.7. The van der Waals surface area contributed by atoms with Crippen molar-refractivity contribution >= 4 is 27.6 Å². The Morgan fingerprint density at radius 1 is 1.24 bits per heavy atom. The average molecular weight is 355 g/mol. The number of hydrogen-bond acceptors (Lipinski definition) is 3. The summed E-state index contributed by atoms with van der Waals surface area (Å²) in [5.41, 5.74) is 0.738. The summed E-state index contributed by atoms with van der Waals surface area (Å²) >= 11 is 3.35. The first-order valence-corrected chi connectivity index (χ1v) is 8.06. The van der Waals surface area contributed by atoms with Crippen LogP contribution in [0.25, 0.3) is 0 Å². The number of amides is 1. The molecule has 1 amide bonds. The number of nitrogens with zero attached hydrogens (tertiary/aromatic N) is 1. The highest BCUT2D eigenvalue weighted by atomic mass is 79.9. The van der Waals surface area contributed by atoms with Crippen molar-refractivity contribution in [2.75, 3.05) is 26.7 Å². The molecule has 21 heavy (non-hydrogen) atoms. The van der Waals surface area contributed by atoms with E-state index in [9.17, 15) is 9.59 Å². The van der Waals surface area contributed by atoms with Crippen molar-refractivity contribution in [2.24, 2.45) is 0 Å². The van der Waals surface area contributed by atoms with E-state index < -0.39 is 0 Å². The van der Waals surface area contributed by atoms with Crippen molar-refractivity contribution in [3.8, 4) is 0 Å². The Kier molecular flexibility index (Phi) is 8.23. The predicted octanol–water partition coefficient (Wildman–Crippen LogP) is 2.87.